The van der Waals surface area contributed by atoms with E-state index in [9.17, 15) is 9.59 Å². The van der Waals surface area contributed by atoms with E-state index in [1.165, 1.54) is 11.3 Å². The van der Waals surface area contributed by atoms with Gasteiger partial charge in [0, 0.05) is 4.88 Å². The zero-order valence-corrected chi connectivity index (χ0v) is 17.5. The summed E-state index contributed by atoms with van der Waals surface area (Å²) in [6.45, 7) is 11.7. The highest BCUT2D eigenvalue weighted by molar-refractivity contribution is 7.16. The van der Waals surface area contributed by atoms with Gasteiger partial charge in [-0.3, -0.25) is 9.48 Å². The molecule has 1 N–H and O–H groups in total. The molecule has 1 atom stereocenters. The lowest BCUT2D eigenvalue weighted by Gasteiger charge is -2.13. The Hall–Kier alpha value is -1.86. The Morgan fingerprint density at radius 2 is 1.96 bits per heavy atom. The molecule has 1 unspecified atom stereocenters. The third kappa shape index (κ3) is 4.10. The highest BCUT2D eigenvalue weighted by Crippen LogP contribution is 2.33. The fraction of sp³-hybridized carbons (Fsp3) is 0.500. The number of carbonyl (C=O) groups is 2. The number of aryl methyl sites for hydroxylation is 2. The Kier molecular flexibility index (Phi) is 6.47. The number of amides is 1. The average molecular weight is 398 g/mol. The van der Waals surface area contributed by atoms with Crippen LogP contribution in [-0.4, -0.2) is 28.3 Å². The number of hydrogen-bond acceptors (Lipinski definition) is 5. The third-order valence-electron chi connectivity index (χ3n) is 4.29. The molecule has 1 amide bonds. The lowest BCUT2D eigenvalue weighted by molar-refractivity contribution is -0.119. The molecule has 0 saturated carbocycles. The van der Waals surface area contributed by atoms with Crippen molar-refractivity contribution in [3.8, 4) is 0 Å². The molecule has 26 heavy (non-hydrogen) atoms. The maximum Gasteiger partial charge on any atom is 0.341 e. The summed E-state index contributed by atoms with van der Waals surface area (Å²) in [5.41, 5.74) is 2.84. The van der Waals surface area contributed by atoms with Gasteiger partial charge < -0.3 is 10.1 Å². The first-order chi connectivity index (χ1) is 12.2. The van der Waals surface area contributed by atoms with Crippen LogP contribution in [0.1, 0.15) is 46.0 Å². The first-order valence-electron chi connectivity index (χ1n) is 8.44. The highest BCUT2D eigenvalue weighted by Gasteiger charge is 2.24. The summed E-state index contributed by atoms with van der Waals surface area (Å²) < 4.78 is 6.85. The molecule has 2 heterocycles. The maximum atomic E-state index is 12.6. The maximum absolute atomic E-state index is 12.6. The third-order valence-corrected chi connectivity index (χ3v) is 5.96. The number of halogens is 1. The van der Waals surface area contributed by atoms with E-state index in [4.69, 9.17) is 16.3 Å². The predicted molar refractivity (Wildman–Crippen MR) is 104 cm³/mol. The van der Waals surface area contributed by atoms with Crippen LogP contribution in [0, 0.1) is 33.6 Å². The number of ether oxygens (including phenoxy) is 1. The Morgan fingerprint density at radius 1 is 1.31 bits per heavy atom. The molecule has 2 aromatic rings. The number of esters is 1. The molecule has 0 aliphatic heterocycles. The van der Waals surface area contributed by atoms with Crippen LogP contribution in [0.15, 0.2) is 0 Å². The molecule has 2 aromatic heterocycles. The van der Waals surface area contributed by atoms with Crippen molar-refractivity contribution in [1.82, 2.24) is 9.78 Å². The molecule has 0 fully saturated rings. The molecule has 0 aliphatic carbocycles. The van der Waals surface area contributed by atoms with Gasteiger partial charge in [0.25, 0.3) is 0 Å². The average Bonchev–Trinajstić information content (AvgIpc) is 2.98. The van der Waals surface area contributed by atoms with Gasteiger partial charge in [-0.05, 0) is 40.2 Å². The van der Waals surface area contributed by atoms with Gasteiger partial charge in [0.05, 0.1) is 41.0 Å². The number of anilines is 1. The molecule has 0 aliphatic rings. The number of nitrogens with zero attached hydrogens (tertiary/aromatic N) is 2. The molecule has 142 valence electrons. The number of nitrogens with one attached hydrogen (secondary N) is 1. The van der Waals surface area contributed by atoms with Gasteiger partial charge in [-0.1, -0.05) is 18.5 Å². The van der Waals surface area contributed by atoms with Gasteiger partial charge in [-0.25, -0.2) is 4.79 Å². The van der Waals surface area contributed by atoms with Crippen molar-refractivity contribution in [3.63, 3.8) is 0 Å². The van der Waals surface area contributed by atoms with Gasteiger partial charge >= 0.3 is 5.97 Å². The van der Waals surface area contributed by atoms with Crippen molar-refractivity contribution in [2.24, 2.45) is 5.92 Å². The second-order valence-electron chi connectivity index (χ2n) is 6.27. The van der Waals surface area contributed by atoms with Crippen LogP contribution in [-0.2, 0) is 16.1 Å². The summed E-state index contributed by atoms with van der Waals surface area (Å²) in [5, 5.41) is 8.38. The van der Waals surface area contributed by atoms with Crippen LogP contribution in [0.3, 0.4) is 0 Å². The van der Waals surface area contributed by atoms with E-state index in [0.717, 1.165) is 21.8 Å². The number of thiophene rings is 1. The van der Waals surface area contributed by atoms with Crippen LogP contribution in [0.5, 0.6) is 0 Å². The van der Waals surface area contributed by atoms with Crippen molar-refractivity contribution >= 4 is 39.8 Å². The number of hydrogen-bond donors (Lipinski definition) is 1. The quantitative estimate of drug-likeness (QED) is 0.738. The minimum atomic E-state index is -0.414. The van der Waals surface area contributed by atoms with Crippen molar-refractivity contribution < 1.29 is 14.3 Å². The van der Waals surface area contributed by atoms with Gasteiger partial charge in [0.15, 0.2) is 0 Å². The second-order valence-corrected chi connectivity index (χ2v) is 7.87. The normalized spacial score (nSPS) is 12.1. The van der Waals surface area contributed by atoms with Crippen LogP contribution in [0.4, 0.5) is 5.00 Å². The summed E-state index contributed by atoms with van der Waals surface area (Å²) in [5.74, 6) is -0.940. The van der Waals surface area contributed by atoms with E-state index >= 15 is 0 Å². The summed E-state index contributed by atoms with van der Waals surface area (Å²) >= 11 is 7.54. The van der Waals surface area contributed by atoms with Crippen molar-refractivity contribution in [1.29, 1.82) is 0 Å². The van der Waals surface area contributed by atoms with Crippen molar-refractivity contribution in [2.45, 2.75) is 48.1 Å². The summed E-state index contributed by atoms with van der Waals surface area (Å²) in [6.07, 6.45) is 0. The lowest BCUT2D eigenvalue weighted by Crippen LogP contribution is -2.25. The smallest absolute Gasteiger partial charge is 0.341 e. The molecule has 0 radical (unpaired) electrons. The van der Waals surface area contributed by atoms with E-state index in [1.54, 1.807) is 11.6 Å². The number of rotatable bonds is 6. The molecule has 0 aromatic carbocycles. The minimum absolute atomic E-state index is 0.180. The fourth-order valence-corrected chi connectivity index (χ4v) is 3.78. The van der Waals surface area contributed by atoms with Gasteiger partial charge in [-0.2, -0.15) is 5.10 Å². The Morgan fingerprint density at radius 3 is 2.50 bits per heavy atom. The van der Waals surface area contributed by atoms with E-state index in [0.29, 0.717) is 22.1 Å². The van der Waals surface area contributed by atoms with Crippen LogP contribution in [0.25, 0.3) is 0 Å². The first-order valence-corrected chi connectivity index (χ1v) is 9.64. The molecule has 8 heteroatoms. The largest absolute Gasteiger partial charge is 0.462 e. The molecule has 0 spiro atoms. The molecule has 2 rings (SSSR count). The van der Waals surface area contributed by atoms with E-state index < -0.39 is 5.97 Å². The van der Waals surface area contributed by atoms with E-state index in [2.05, 4.69) is 10.4 Å². The lowest BCUT2D eigenvalue weighted by atomic mass is 10.1. The van der Waals surface area contributed by atoms with Gasteiger partial charge in [-0.15, -0.1) is 11.3 Å². The first kappa shape index (κ1) is 20.5. The summed E-state index contributed by atoms with van der Waals surface area (Å²) in [6, 6.07) is 0. The Bertz CT molecular complexity index is 841. The zero-order chi connectivity index (χ0) is 19.6. The zero-order valence-electron chi connectivity index (χ0n) is 15.9. The van der Waals surface area contributed by atoms with E-state index in [-0.39, 0.29) is 18.4 Å². The molecule has 6 nitrogen and oxygen atoms in total. The topological polar surface area (TPSA) is 73.2 Å². The minimum Gasteiger partial charge on any atom is -0.462 e. The number of aromatic nitrogens is 2. The molecular formula is C18H24ClN3O3S. The van der Waals surface area contributed by atoms with Gasteiger partial charge in [0.2, 0.25) is 5.91 Å². The van der Waals surface area contributed by atoms with Crippen LogP contribution >= 0.6 is 22.9 Å². The summed E-state index contributed by atoms with van der Waals surface area (Å²) in [4.78, 5) is 25.8. The molecule has 0 bridgehead atoms. The van der Waals surface area contributed by atoms with Crippen molar-refractivity contribution in [2.75, 3.05) is 11.9 Å². The van der Waals surface area contributed by atoms with Crippen LogP contribution < -0.4 is 5.32 Å². The van der Waals surface area contributed by atoms with Crippen molar-refractivity contribution in [3.05, 3.63) is 32.4 Å². The summed E-state index contributed by atoms with van der Waals surface area (Å²) in [7, 11) is 0. The monoisotopic (exact) mass is 397 g/mol. The van der Waals surface area contributed by atoms with E-state index in [1.807, 2.05) is 34.6 Å². The highest BCUT2D eigenvalue weighted by atomic mass is 35.5. The van der Waals surface area contributed by atoms with Crippen LogP contribution in [0.2, 0.25) is 5.02 Å². The standard InChI is InChI=1S/C18H24ClN3O3S/c1-7-25-18(24)14-10(3)13(6)26-17(14)20-16(23)9(2)8-22-12(5)15(19)11(4)21-22/h9H,7-8H2,1-6H3,(H,20,23). The molecular weight excluding hydrogens is 374 g/mol. The Balaban J connectivity index is 2.17. The Labute approximate surface area is 162 Å². The fourth-order valence-electron chi connectivity index (χ4n) is 2.59. The predicted octanol–water partition coefficient (Wildman–Crippen LogP) is 4.28. The number of carbonyl (C=O) groups excluding carboxylic acids is 2. The SMILES string of the molecule is CCOC(=O)c1c(NC(=O)C(C)Cn2nc(C)c(Cl)c2C)sc(C)c1C. The second kappa shape index (κ2) is 8.22. The van der Waals surface area contributed by atoms with Gasteiger partial charge in [0.1, 0.15) is 5.00 Å². The molecule has 0 saturated heterocycles.